The van der Waals surface area contributed by atoms with Crippen LogP contribution in [0.25, 0.3) is 0 Å². The molecule has 5 rings (SSSR count). The Morgan fingerprint density at radius 1 is 1.29 bits per heavy atom. The minimum atomic E-state index is -4.65. The predicted molar refractivity (Wildman–Crippen MR) is 115 cm³/mol. The lowest BCUT2D eigenvalue weighted by Crippen LogP contribution is -2.55. The van der Waals surface area contributed by atoms with Gasteiger partial charge in [0, 0.05) is 26.1 Å². The van der Waals surface area contributed by atoms with E-state index in [1.165, 1.54) is 0 Å². The van der Waals surface area contributed by atoms with E-state index in [4.69, 9.17) is 4.74 Å². The monoisotopic (exact) mass is 479 g/mol. The molecule has 2 saturated carbocycles. The molecular weight excluding hydrogens is 455 g/mol. The number of carbonyl (C=O) groups is 2. The van der Waals surface area contributed by atoms with Crippen LogP contribution in [0.4, 0.5) is 30.6 Å². The molecule has 0 saturated heterocycles. The fourth-order valence-corrected chi connectivity index (χ4v) is 4.80. The van der Waals surface area contributed by atoms with Crippen LogP contribution in [-0.4, -0.2) is 63.4 Å². The first-order valence-electron chi connectivity index (χ1n) is 10.9. The highest BCUT2D eigenvalue weighted by molar-refractivity contribution is 6.04. The van der Waals surface area contributed by atoms with Gasteiger partial charge in [-0.1, -0.05) is 0 Å². The van der Waals surface area contributed by atoms with Gasteiger partial charge in [-0.15, -0.1) is 0 Å². The summed E-state index contributed by atoms with van der Waals surface area (Å²) in [6, 6.07) is 0.0903. The first-order valence-corrected chi connectivity index (χ1v) is 10.9. The lowest BCUT2D eigenvalue weighted by Gasteiger charge is -2.39. The molecule has 2 aromatic rings. The maximum Gasteiger partial charge on any atom is 0.433 e. The van der Waals surface area contributed by atoms with Gasteiger partial charge >= 0.3 is 6.18 Å². The first kappa shape index (κ1) is 22.6. The fraction of sp³-hybridized carbons (Fsp3) is 0.571. The van der Waals surface area contributed by atoms with Gasteiger partial charge in [-0.05, 0) is 38.7 Å². The number of alkyl halides is 3. The minimum Gasteiger partial charge on any atom is -0.376 e. The first-order chi connectivity index (χ1) is 16.0. The molecule has 1 aliphatic heterocycles. The van der Waals surface area contributed by atoms with E-state index in [9.17, 15) is 22.8 Å². The van der Waals surface area contributed by atoms with E-state index in [1.54, 1.807) is 26.0 Å². The number of methoxy groups -OCH3 is 1. The quantitative estimate of drug-likeness (QED) is 0.672. The molecule has 13 heteroatoms. The van der Waals surface area contributed by atoms with Gasteiger partial charge < -0.3 is 20.3 Å². The van der Waals surface area contributed by atoms with Crippen molar-refractivity contribution in [3.05, 3.63) is 23.7 Å². The molecule has 2 aromatic heterocycles. The van der Waals surface area contributed by atoms with E-state index in [1.807, 2.05) is 0 Å². The van der Waals surface area contributed by atoms with E-state index < -0.39 is 35.3 Å². The van der Waals surface area contributed by atoms with Crippen molar-refractivity contribution in [3.8, 4) is 0 Å². The number of ether oxygens (including phenoxy) is 1. The molecule has 0 spiro atoms. The van der Waals surface area contributed by atoms with Crippen molar-refractivity contribution < 1.29 is 27.5 Å². The Labute approximate surface area is 192 Å². The summed E-state index contributed by atoms with van der Waals surface area (Å²) < 4.78 is 45.3. The van der Waals surface area contributed by atoms with Gasteiger partial charge in [-0.2, -0.15) is 27.9 Å². The number of aryl methyl sites for hydroxylation is 1. The lowest BCUT2D eigenvalue weighted by atomic mass is 9.79. The van der Waals surface area contributed by atoms with Crippen LogP contribution in [0.2, 0.25) is 0 Å². The Bertz CT molecular complexity index is 1150. The molecular formula is C21H24F3N7O3. The van der Waals surface area contributed by atoms with E-state index >= 15 is 0 Å². The molecule has 2 fully saturated rings. The molecule has 34 heavy (non-hydrogen) atoms. The second-order valence-corrected chi connectivity index (χ2v) is 9.08. The summed E-state index contributed by atoms with van der Waals surface area (Å²) in [5.41, 5.74) is -0.508. The number of anilines is 3. The molecule has 2 N–H and O–H groups in total. The Morgan fingerprint density at radius 3 is 2.62 bits per heavy atom. The highest BCUT2D eigenvalue weighted by atomic mass is 19.4. The molecule has 10 nitrogen and oxygen atoms in total. The van der Waals surface area contributed by atoms with Crippen molar-refractivity contribution in [1.29, 1.82) is 0 Å². The Hall–Kier alpha value is -3.22. The van der Waals surface area contributed by atoms with Crippen LogP contribution in [0.1, 0.15) is 41.9 Å². The normalized spacial score (nSPS) is 25.3. The van der Waals surface area contributed by atoms with Gasteiger partial charge in [-0.3, -0.25) is 9.59 Å². The van der Waals surface area contributed by atoms with Gasteiger partial charge in [0.15, 0.2) is 11.5 Å². The van der Waals surface area contributed by atoms with Crippen LogP contribution < -0.4 is 15.5 Å². The van der Waals surface area contributed by atoms with Crippen LogP contribution in [0.15, 0.2) is 12.3 Å². The summed E-state index contributed by atoms with van der Waals surface area (Å²) in [6.07, 6.45) is -1.46. The molecule has 3 aliphatic rings. The van der Waals surface area contributed by atoms with Crippen molar-refractivity contribution in [2.45, 2.75) is 56.5 Å². The number of halogens is 3. The highest BCUT2D eigenvalue weighted by Gasteiger charge is 2.57. The molecule has 2 aliphatic carbocycles. The number of hydrogen-bond acceptors (Lipinski definition) is 8. The van der Waals surface area contributed by atoms with Crippen molar-refractivity contribution in [2.75, 3.05) is 29.7 Å². The zero-order valence-electron chi connectivity index (χ0n) is 18.8. The Kier molecular flexibility index (Phi) is 5.08. The number of nitrogens with one attached hydrogen (secondary N) is 2. The summed E-state index contributed by atoms with van der Waals surface area (Å²) in [6.45, 7) is 1.76. The second kappa shape index (κ2) is 7.65. The summed E-state index contributed by atoms with van der Waals surface area (Å²) in [5.74, 6) is -0.552. The van der Waals surface area contributed by atoms with E-state index in [0.29, 0.717) is 40.7 Å². The van der Waals surface area contributed by atoms with Crippen molar-refractivity contribution in [2.24, 2.45) is 5.92 Å². The van der Waals surface area contributed by atoms with Gasteiger partial charge in [0.2, 0.25) is 11.9 Å². The summed E-state index contributed by atoms with van der Waals surface area (Å²) in [5, 5.41) is 9.61. The number of nitrogens with zero attached hydrogens (tertiary/aromatic N) is 5. The zero-order chi connectivity index (χ0) is 24.4. The van der Waals surface area contributed by atoms with Crippen LogP contribution in [-0.2, 0) is 15.7 Å². The van der Waals surface area contributed by atoms with Crippen LogP contribution in [0.3, 0.4) is 0 Å². The van der Waals surface area contributed by atoms with Crippen molar-refractivity contribution >= 4 is 29.3 Å². The van der Waals surface area contributed by atoms with Crippen molar-refractivity contribution in [3.63, 3.8) is 0 Å². The lowest BCUT2D eigenvalue weighted by molar-refractivity contribution is -0.143. The third kappa shape index (κ3) is 3.58. The van der Waals surface area contributed by atoms with Gasteiger partial charge in [0.1, 0.15) is 11.7 Å². The topological polar surface area (TPSA) is 114 Å². The number of likely N-dealkylation sites (N-methyl/N-ethyl adjacent to an activating group) is 1. The maximum absolute atomic E-state index is 13.1. The maximum atomic E-state index is 13.1. The van der Waals surface area contributed by atoms with E-state index in [2.05, 4.69) is 25.7 Å². The SMILES string of the molecule is COC1([C@H]2C(=O)Nc3c(C)nc(NC4CC(C(=O)n5nccc5C(F)(F)F)C4)nc3N2C)CC1. The molecule has 182 valence electrons. The summed E-state index contributed by atoms with van der Waals surface area (Å²) >= 11 is 0. The largest absolute Gasteiger partial charge is 0.433 e. The van der Waals surface area contributed by atoms with Gasteiger partial charge in [0.05, 0.1) is 17.5 Å². The van der Waals surface area contributed by atoms with E-state index in [-0.39, 0.29) is 11.9 Å². The number of aromatic nitrogens is 4. The van der Waals surface area contributed by atoms with Crippen LogP contribution >= 0.6 is 0 Å². The Balaban J connectivity index is 1.29. The number of hydrogen-bond donors (Lipinski definition) is 2. The second-order valence-electron chi connectivity index (χ2n) is 9.08. The van der Waals surface area contributed by atoms with Gasteiger partial charge in [-0.25, -0.2) is 4.98 Å². The molecule has 0 aromatic carbocycles. The summed E-state index contributed by atoms with van der Waals surface area (Å²) in [7, 11) is 3.38. The van der Waals surface area contributed by atoms with Crippen LogP contribution in [0.5, 0.6) is 0 Å². The third-order valence-electron chi connectivity index (χ3n) is 6.90. The standard InChI is InChI=1S/C21H24F3N7O3/c1-10-14-16(30(2)15(17(32)28-14)20(34-3)5-6-20)29-19(26-10)27-12-8-11(9-12)18(33)31-13(4-7-25-31)21(22,23)24/h4,7,11-12,15H,5-6,8-9H2,1-3H3,(H,28,32)(H,26,27,29)/t11?,12?,15-/m1/s1. The van der Waals surface area contributed by atoms with Gasteiger partial charge in [0.25, 0.3) is 5.91 Å². The fourth-order valence-electron chi connectivity index (χ4n) is 4.80. The van der Waals surface area contributed by atoms with Crippen LogP contribution in [0, 0.1) is 12.8 Å². The molecule has 1 atom stereocenters. The number of amides is 1. The molecule has 1 amide bonds. The smallest absolute Gasteiger partial charge is 0.376 e. The number of rotatable bonds is 5. The predicted octanol–water partition coefficient (Wildman–Crippen LogP) is 2.47. The molecule has 0 unspecified atom stereocenters. The zero-order valence-corrected chi connectivity index (χ0v) is 18.8. The molecule has 0 radical (unpaired) electrons. The third-order valence-corrected chi connectivity index (χ3v) is 6.90. The Morgan fingerprint density at radius 2 is 2.00 bits per heavy atom. The summed E-state index contributed by atoms with van der Waals surface area (Å²) in [4.78, 5) is 36.1. The average Bonchev–Trinajstić information content (AvgIpc) is 3.34. The highest BCUT2D eigenvalue weighted by Crippen LogP contribution is 2.47. The number of carbonyl (C=O) groups excluding carboxylic acids is 2. The van der Waals surface area contributed by atoms with Crippen molar-refractivity contribution in [1.82, 2.24) is 19.7 Å². The molecule has 3 heterocycles. The average molecular weight is 479 g/mol. The number of fused-ring (bicyclic) bond motifs is 1. The van der Waals surface area contributed by atoms with E-state index in [0.717, 1.165) is 25.1 Å². The molecule has 0 bridgehead atoms. The minimum absolute atomic E-state index is 0.168.